The summed E-state index contributed by atoms with van der Waals surface area (Å²) in [6.07, 6.45) is 0.621. The lowest BCUT2D eigenvalue weighted by molar-refractivity contribution is 0.0981. The Kier molecular flexibility index (Phi) is 5.22. The van der Waals surface area contributed by atoms with Crippen molar-refractivity contribution in [3.63, 3.8) is 0 Å². The number of rotatable bonds is 5. The van der Waals surface area contributed by atoms with Gasteiger partial charge in [-0.2, -0.15) is 0 Å². The summed E-state index contributed by atoms with van der Waals surface area (Å²) in [4.78, 5) is 14.9. The van der Waals surface area contributed by atoms with Crippen molar-refractivity contribution >= 4 is 21.6 Å². The van der Waals surface area contributed by atoms with Crippen molar-refractivity contribution < 1.29 is 13.2 Å². The fourth-order valence-corrected chi connectivity index (χ4v) is 4.73. The summed E-state index contributed by atoms with van der Waals surface area (Å²) < 4.78 is 28.1. The third-order valence-electron chi connectivity index (χ3n) is 5.13. The number of carbonyl (C=O) groups is 1. The molecule has 0 saturated carbocycles. The molecule has 0 saturated heterocycles. The van der Waals surface area contributed by atoms with E-state index in [1.54, 1.807) is 35.2 Å². The van der Waals surface area contributed by atoms with E-state index in [1.807, 2.05) is 55.5 Å². The second-order valence-electron chi connectivity index (χ2n) is 7.19. The van der Waals surface area contributed by atoms with Gasteiger partial charge < -0.3 is 4.90 Å². The summed E-state index contributed by atoms with van der Waals surface area (Å²) in [5.74, 6) is -0.0744. The van der Waals surface area contributed by atoms with Crippen LogP contribution in [0.25, 0.3) is 0 Å². The first-order valence-electron chi connectivity index (χ1n) is 9.51. The van der Waals surface area contributed by atoms with E-state index < -0.39 is 10.0 Å². The SMILES string of the molecule is C[C@H]1Cc2cc(S(=O)(=O)NCc3ccccc3)ccc2N1C(=O)c1ccccc1. The Bertz CT molecular complexity index is 1130. The molecule has 1 heterocycles. The van der Waals surface area contributed by atoms with Gasteiger partial charge in [0.2, 0.25) is 10.0 Å². The topological polar surface area (TPSA) is 66.5 Å². The molecule has 0 radical (unpaired) electrons. The number of carbonyl (C=O) groups excluding carboxylic acids is 1. The molecule has 0 fully saturated rings. The van der Waals surface area contributed by atoms with Gasteiger partial charge in [0.05, 0.1) is 4.90 Å². The summed E-state index contributed by atoms with van der Waals surface area (Å²) in [6.45, 7) is 2.21. The zero-order chi connectivity index (χ0) is 20.4. The summed E-state index contributed by atoms with van der Waals surface area (Å²) >= 11 is 0. The molecule has 3 aromatic carbocycles. The lowest BCUT2D eigenvalue weighted by Gasteiger charge is -2.23. The summed E-state index contributed by atoms with van der Waals surface area (Å²) in [6, 6.07) is 23.5. The Hall–Kier alpha value is -2.96. The van der Waals surface area contributed by atoms with Gasteiger partial charge in [-0.1, -0.05) is 48.5 Å². The minimum atomic E-state index is -3.64. The Balaban J connectivity index is 1.58. The molecule has 0 spiro atoms. The number of hydrogen-bond donors (Lipinski definition) is 1. The Morgan fingerprint density at radius 1 is 1.00 bits per heavy atom. The summed E-state index contributed by atoms with van der Waals surface area (Å²) in [5.41, 5.74) is 3.15. The van der Waals surface area contributed by atoms with Gasteiger partial charge in [-0.05, 0) is 54.8 Å². The molecule has 29 heavy (non-hydrogen) atoms. The Morgan fingerprint density at radius 3 is 2.34 bits per heavy atom. The molecule has 4 rings (SSSR count). The highest BCUT2D eigenvalue weighted by atomic mass is 32.2. The number of amides is 1. The second kappa shape index (κ2) is 7.81. The maximum Gasteiger partial charge on any atom is 0.258 e. The Morgan fingerprint density at radius 2 is 1.66 bits per heavy atom. The van der Waals surface area contributed by atoms with Crippen LogP contribution in [-0.4, -0.2) is 20.4 Å². The molecule has 3 aromatic rings. The lowest BCUT2D eigenvalue weighted by atomic mass is 10.1. The zero-order valence-electron chi connectivity index (χ0n) is 16.1. The van der Waals surface area contributed by atoms with E-state index in [9.17, 15) is 13.2 Å². The predicted octanol–water partition coefficient (Wildman–Crippen LogP) is 3.76. The first kappa shape index (κ1) is 19.4. The van der Waals surface area contributed by atoms with Crippen molar-refractivity contribution in [2.45, 2.75) is 30.8 Å². The van der Waals surface area contributed by atoms with Crippen molar-refractivity contribution in [2.24, 2.45) is 0 Å². The van der Waals surface area contributed by atoms with E-state index in [4.69, 9.17) is 0 Å². The zero-order valence-corrected chi connectivity index (χ0v) is 16.9. The van der Waals surface area contributed by atoms with Gasteiger partial charge in [0.15, 0.2) is 0 Å². The number of nitrogens with zero attached hydrogens (tertiary/aromatic N) is 1. The van der Waals surface area contributed by atoms with Gasteiger partial charge >= 0.3 is 0 Å². The van der Waals surface area contributed by atoms with Crippen LogP contribution >= 0.6 is 0 Å². The number of benzene rings is 3. The molecular formula is C23H22N2O3S. The fraction of sp³-hybridized carbons (Fsp3) is 0.174. The first-order valence-corrected chi connectivity index (χ1v) is 11.0. The van der Waals surface area contributed by atoms with E-state index in [-0.39, 0.29) is 23.4 Å². The van der Waals surface area contributed by atoms with Gasteiger partial charge in [-0.25, -0.2) is 13.1 Å². The van der Waals surface area contributed by atoms with E-state index >= 15 is 0 Å². The third kappa shape index (κ3) is 3.95. The number of hydrogen-bond acceptors (Lipinski definition) is 3. The standard InChI is InChI=1S/C23H22N2O3S/c1-17-14-20-15-21(29(27,28)24-16-18-8-4-2-5-9-18)12-13-22(20)25(17)23(26)19-10-6-3-7-11-19/h2-13,15,17,24H,14,16H2,1H3/t17-/m0/s1. The van der Waals surface area contributed by atoms with Gasteiger partial charge in [-0.3, -0.25) is 4.79 Å². The number of fused-ring (bicyclic) bond motifs is 1. The van der Waals surface area contributed by atoms with E-state index in [0.717, 1.165) is 16.8 Å². The van der Waals surface area contributed by atoms with Crippen LogP contribution in [0.2, 0.25) is 0 Å². The molecule has 1 aliphatic heterocycles. The number of anilines is 1. The maximum atomic E-state index is 13.0. The average molecular weight is 407 g/mol. The highest BCUT2D eigenvalue weighted by molar-refractivity contribution is 7.89. The molecule has 0 unspecified atom stereocenters. The van der Waals surface area contributed by atoms with Crippen LogP contribution in [0.15, 0.2) is 83.8 Å². The smallest absolute Gasteiger partial charge is 0.258 e. The van der Waals surface area contributed by atoms with Gasteiger partial charge in [0, 0.05) is 23.8 Å². The van der Waals surface area contributed by atoms with Crippen LogP contribution in [-0.2, 0) is 23.0 Å². The molecule has 148 valence electrons. The molecular weight excluding hydrogens is 384 g/mol. The molecule has 0 aromatic heterocycles. The minimum absolute atomic E-state index is 0.0343. The minimum Gasteiger partial charge on any atom is -0.305 e. The highest BCUT2D eigenvalue weighted by Gasteiger charge is 2.32. The molecule has 1 atom stereocenters. The second-order valence-corrected chi connectivity index (χ2v) is 8.96. The van der Waals surface area contributed by atoms with E-state index in [1.165, 1.54) is 0 Å². The van der Waals surface area contributed by atoms with Crippen molar-refractivity contribution in [1.29, 1.82) is 0 Å². The fourth-order valence-electron chi connectivity index (χ4n) is 3.66. The van der Waals surface area contributed by atoms with Crippen molar-refractivity contribution in [2.75, 3.05) is 4.90 Å². The molecule has 6 heteroatoms. The van der Waals surface area contributed by atoms with Crippen LogP contribution in [0.4, 0.5) is 5.69 Å². The van der Waals surface area contributed by atoms with Crippen LogP contribution < -0.4 is 9.62 Å². The van der Waals surface area contributed by atoms with Crippen LogP contribution in [0.1, 0.15) is 28.4 Å². The van der Waals surface area contributed by atoms with E-state index in [0.29, 0.717) is 12.0 Å². The van der Waals surface area contributed by atoms with Crippen LogP contribution in [0.5, 0.6) is 0 Å². The van der Waals surface area contributed by atoms with Crippen molar-refractivity contribution in [3.05, 3.63) is 95.6 Å². The third-order valence-corrected chi connectivity index (χ3v) is 6.52. The van der Waals surface area contributed by atoms with Gasteiger partial charge in [-0.15, -0.1) is 0 Å². The predicted molar refractivity (Wildman–Crippen MR) is 113 cm³/mol. The molecule has 1 amide bonds. The monoisotopic (exact) mass is 406 g/mol. The normalized spacial score (nSPS) is 15.9. The summed E-state index contributed by atoms with van der Waals surface area (Å²) in [5, 5.41) is 0. The molecule has 1 aliphatic rings. The first-order chi connectivity index (χ1) is 14.0. The van der Waals surface area contributed by atoms with Crippen LogP contribution in [0.3, 0.4) is 0 Å². The van der Waals surface area contributed by atoms with Crippen molar-refractivity contribution in [1.82, 2.24) is 4.72 Å². The van der Waals surface area contributed by atoms with E-state index in [2.05, 4.69) is 4.72 Å². The lowest BCUT2D eigenvalue weighted by Crippen LogP contribution is -2.35. The summed E-state index contributed by atoms with van der Waals surface area (Å²) in [7, 11) is -3.64. The van der Waals surface area contributed by atoms with Crippen molar-refractivity contribution in [3.8, 4) is 0 Å². The average Bonchev–Trinajstić information content (AvgIpc) is 3.08. The number of sulfonamides is 1. The quantitative estimate of drug-likeness (QED) is 0.702. The molecule has 0 aliphatic carbocycles. The highest BCUT2D eigenvalue weighted by Crippen LogP contribution is 2.35. The van der Waals surface area contributed by atoms with Gasteiger partial charge in [0.25, 0.3) is 5.91 Å². The molecule has 5 nitrogen and oxygen atoms in total. The molecule has 1 N–H and O–H groups in total. The largest absolute Gasteiger partial charge is 0.305 e. The van der Waals surface area contributed by atoms with Gasteiger partial charge in [0.1, 0.15) is 0 Å². The molecule has 0 bridgehead atoms. The number of nitrogens with one attached hydrogen (secondary N) is 1. The Labute approximate surface area is 171 Å². The maximum absolute atomic E-state index is 13.0. The van der Waals surface area contributed by atoms with Crippen LogP contribution in [0, 0.1) is 0 Å².